The fourth-order valence-corrected chi connectivity index (χ4v) is 2.24. The maximum Gasteiger partial charge on any atom is 0.375 e. The summed E-state index contributed by atoms with van der Waals surface area (Å²) in [5, 5.41) is 10.0. The second-order valence-corrected chi connectivity index (χ2v) is 4.99. The van der Waals surface area contributed by atoms with Crippen LogP contribution < -0.4 is 4.74 Å². The quantitative estimate of drug-likeness (QED) is 0.661. The predicted octanol–water partition coefficient (Wildman–Crippen LogP) is 3.87. The Morgan fingerprint density at radius 2 is 1.91 bits per heavy atom. The molecule has 2 aromatic rings. The summed E-state index contributed by atoms with van der Waals surface area (Å²) in [6.45, 7) is 0. The summed E-state index contributed by atoms with van der Waals surface area (Å²) < 4.78 is 10.6. The Morgan fingerprint density at radius 1 is 1.23 bits per heavy atom. The van der Waals surface area contributed by atoms with E-state index in [1.165, 1.54) is 31.5 Å². The van der Waals surface area contributed by atoms with Crippen LogP contribution in [0.25, 0.3) is 5.76 Å². The topological polar surface area (TPSA) is 68.7 Å². The third-order valence-electron chi connectivity index (χ3n) is 2.58. The normalized spacial score (nSPS) is 11.6. The van der Waals surface area contributed by atoms with Crippen molar-refractivity contribution in [1.29, 1.82) is 0 Å². The maximum atomic E-state index is 11.5. The molecule has 0 unspecified atom stereocenters. The highest BCUT2D eigenvalue weighted by Crippen LogP contribution is 2.28. The zero-order valence-electron chi connectivity index (χ0n) is 11.4. The number of carbonyl (C=O) groups is 1. The van der Waals surface area contributed by atoms with E-state index in [1.54, 1.807) is 18.3 Å². The molecular weight excluding hydrogens is 329 g/mol. The molecule has 0 aliphatic carbocycles. The molecule has 0 radical (unpaired) electrons. The lowest BCUT2D eigenvalue weighted by molar-refractivity contribution is -0.135. The van der Waals surface area contributed by atoms with Gasteiger partial charge in [0.2, 0.25) is 0 Å². The van der Waals surface area contributed by atoms with Gasteiger partial charge in [-0.1, -0.05) is 23.2 Å². The summed E-state index contributed by atoms with van der Waals surface area (Å²) in [5.74, 6) is -1.46. The first-order chi connectivity index (χ1) is 10.5. The van der Waals surface area contributed by atoms with Crippen LogP contribution >= 0.6 is 23.2 Å². The van der Waals surface area contributed by atoms with Crippen LogP contribution in [-0.2, 0) is 9.53 Å². The number of aromatic nitrogens is 1. The minimum atomic E-state index is -1.29. The first-order valence-corrected chi connectivity index (χ1v) is 6.82. The zero-order chi connectivity index (χ0) is 16.1. The summed E-state index contributed by atoms with van der Waals surface area (Å²) in [4.78, 5) is 15.4. The smallest absolute Gasteiger partial charge is 0.375 e. The minimum absolute atomic E-state index is 0.0386. The number of hydrogen-bond acceptors (Lipinski definition) is 4. The summed E-state index contributed by atoms with van der Waals surface area (Å²) in [5.41, 5.74) is 0.468. The molecule has 1 heterocycles. The van der Waals surface area contributed by atoms with Gasteiger partial charge in [-0.3, -0.25) is 4.98 Å². The third-order valence-corrected chi connectivity index (χ3v) is 3.02. The van der Waals surface area contributed by atoms with Gasteiger partial charge in [0, 0.05) is 28.0 Å². The second kappa shape index (κ2) is 7.15. The monoisotopic (exact) mass is 339 g/mol. The van der Waals surface area contributed by atoms with E-state index in [9.17, 15) is 9.90 Å². The Bertz CT molecular complexity index is 696. The van der Waals surface area contributed by atoms with Gasteiger partial charge in [-0.25, -0.2) is 4.79 Å². The molecule has 1 aromatic heterocycles. The molecular formula is C15H11Cl2NO4. The largest absolute Gasteiger partial charge is 0.492 e. The van der Waals surface area contributed by atoms with Crippen LogP contribution in [0.3, 0.4) is 0 Å². The van der Waals surface area contributed by atoms with Crippen molar-refractivity contribution >= 4 is 34.9 Å². The first kappa shape index (κ1) is 16.1. The average Bonchev–Trinajstić information content (AvgIpc) is 2.47. The summed E-state index contributed by atoms with van der Waals surface area (Å²) in [7, 11) is 1.35. The van der Waals surface area contributed by atoms with Crippen molar-refractivity contribution in [3.05, 3.63) is 64.1 Å². The molecule has 0 saturated heterocycles. The number of aliphatic carboxylic acids is 1. The van der Waals surface area contributed by atoms with Crippen LogP contribution in [0, 0.1) is 0 Å². The number of methoxy groups -OCH3 is 1. The molecule has 114 valence electrons. The van der Waals surface area contributed by atoms with Crippen molar-refractivity contribution in [2.45, 2.75) is 0 Å². The van der Waals surface area contributed by atoms with Crippen LogP contribution in [-0.4, -0.2) is 23.2 Å². The maximum absolute atomic E-state index is 11.5. The number of carboxylic acid groups (broad SMARTS) is 1. The summed E-state index contributed by atoms with van der Waals surface area (Å²) >= 11 is 11.7. The standard InChI is InChI=1S/C15H11Cl2NO4/c1-21-13(9-3-2-4-18-8-9)14(15(19)20)22-12-6-10(16)5-11(17)7-12/h2-8H,1H3,(H,19,20). The number of benzene rings is 1. The van der Waals surface area contributed by atoms with Gasteiger partial charge in [0.1, 0.15) is 5.75 Å². The molecule has 0 aliphatic rings. The van der Waals surface area contributed by atoms with E-state index in [-0.39, 0.29) is 11.5 Å². The molecule has 1 aromatic carbocycles. The van der Waals surface area contributed by atoms with Crippen molar-refractivity contribution in [2.75, 3.05) is 7.11 Å². The Balaban J connectivity index is 2.48. The van der Waals surface area contributed by atoms with E-state index in [0.29, 0.717) is 15.6 Å². The molecule has 2 rings (SSSR count). The van der Waals surface area contributed by atoms with E-state index in [0.717, 1.165) is 0 Å². The minimum Gasteiger partial charge on any atom is -0.492 e. The number of hydrogen-bond donors (Lipinski definition) is 1. The van der Waals surface area contributed by atoms with Crippen LogP contribution in [0.15, 0.2) is 48.5 Å². The van der Waals surface area contributed by atoms with Gasteiger partial charge in [0.05, 0.1) is 7.11 Å². The predicted molar refractivity (Wildman–Crippen MR) is 82.9 cm³/mol. The highest BCUT2D eigenvalue weighted by atomic mass is 35.5. The number of nitrogens with zero attached hydrogens (tertiary/aromatic N) is 1. The van der Waals surface area contributed by atoms with Gasteiger partial charge >= 0.3 is 5.97 Å². The molecule has 0 amide bonds. The van der Waals surface area contributed by atoms with Crippen molar-refractivity contribution in [1.82, 2.24) is 4.98 Å². The Labute approximate surface area is 136 Å². The molecule has 7 heteroatoms. The molecule has 0 fully saturated rings. The Morgan fingerprint density at radius 3 is 2.41 bits per heavy atom. The fourth-order valence-electron chi connectivity index (χ4n) is 1.73. The number of rotatable bonds is 5. The van der Waals surface area contributed by atoms with Gasteiger partial charge in [0.25, 0.3) is 5.76 Å². The van der Waals surface area contributed by atoms with E-state index in [2.05, 4.69) is 4.98 Å². The van der Waals surface area contributed by atoms with Crippen LogP contribution in [0.4, 0.5) is 0 Å². The molecule has 0 aliphatic heterocycles. The highest BCUT2D eigenvalue weighted by molar-refractivity contribution is 6.34. The Hall–Kier alpha value is -2.24. The number of pyridine rings is 1. The van der Waals surface area contributed by atoms with Gasteiger partial charge in [-0.15, -0.1) is 0 Å². The van der Waals surface area contributed by atoms with Crippen molar-refractivity contribution in [2.24, 2.45) is 0 Å². The Kier molecular flexibility index (Phi) is 5.25. The van der Waals surface area contributed by atoms with Crippen LogP contribution in [0.2, 0.25) is 10.0 Å². The number of carboxylic acids is 1. The third kappa shape index (κ3) is 3.90. The van der Waals surface area contributed by atoms with Gasteiger partial charge in [-0.2, -0.15) is 0 Å². The number of halogens is 2. The SMILES string of the molecule is COC(=C(Oc1cc(Cl)cc(Cl)c1)C(=O)O)c1cccnc1. The van der Waals surface area contributed by atoms with Crippen molar-refractivity contribution < 1.29 is 19.4 Å². The lowest BCUT2D eigenvalue weighted by Gasteiger charge is -2.12. The van der Waals surface area contributed by atoms with E-state index in [4.69, 9.17) is 32.7 Å². The zero-order valence-corrected chi connectivity index (χ0v) is 12.9. The average molecular weight is 340 g/mol. The van der Waals surface area contributed by atoms with Crippen LogP contribution in [0.1, 0.15) is 5.56 Å². The van der Waals surface area contributed by atoms with Gasteiger partial charge in [0.15, 0.2) is 5.76 Å². The van der Waals surface area contributed by atoms with Crippen molar-refractivity contribution in [3.63, 3.8) is 0 Å². The molecule has 1 N–H and O–H groups in total. The van der Waals surface area contributed by atoms with Gasteiger partial charge in [-0.05, 0) is 30.3 Å². The van der Waals surface area contributed by atoms with Gasteiger partial charge < -0.3 is 14.6 Å². The fraction of sp³-hybridized carbons (Fsp3) is 0.0667. The van der Waals surface area contributed by atoms with E-state index < -0.39 is 11.7 Å². The molecule has 22 heavy (non-hydrogen) atoms. The molecule has 0 bridgehead atoms. The summed E-state index contributed by atoms with van der Waals surface area (Å²) in [6, 6.07) is 7.73. The number of ether oxygens (including phenoxy) is 2. The second-order valence-electron chi connectivity index (χ2n) is 4.12. The highest BCUT2D eigenvalue weighted by Gasteiger charge is 2.20. The van der Waals surface area contributed by atoms with Crippen LogP contribution in [0.5, 0.6) is 5.75 Å². The van der Waals surface area contributed by atoms with E-state index in [1.807, 2.05) is 0 Å². The molecule has 5 nitrogen and oxygen atoms in total. The molecule has 0 saturated carbocycles. The molecule has 0 spiro atoms. The lowest BCUT2D eigenvalue weighted by Crippen LogP contribution is -2.12. The van der Waals surface area contributed by atoms with Crippen molar-refractivity contribution in [3.8, 4) is 5.75 Å². The first-order valence-electron chi connectivity index (χ1n) is 6.07. The summed E-state index contributed by atoms with van der Waals surface area (Å²) in [6.07, 6.45) is 3.03. The lowest BCUT2D eigenvalue weighted by atomic mass is 10.2. The van der Waals surface area contributed by atoms with E-state index >= 15 is 0 Å². The molecule has 0 atom stereocenters.